The average molecular weight is 397 g/mol. The van der Waals surface area contributed by atoms with Gasteiger partial charge in [-0.3, -0.25) is 0 Å². The number of carboxylic acids is 1. The molecule has 0 saturated heterocycles. The van der Waals surface area contributed by atoms with Crippen LogP contribution in [0.25, 0.3) is 39.5 Å². The van der Waals surface area contributed by atoms with Crippen molar-refractivity contribution >= 4 is 23.1 Å². The third-order valence-electron chi connectivity index (χ3n) is 5.21. The molecule has 0 unspecified atom stereocenters. The molecule has 0 atom stereocenters. The van der Waals surface area contributed by atoms with Crippen LogP contribution >= 0.6 is 0 Å². The van der Waals surface area contributed by atoms with Crippen molar-refractivity contribution in [2.75, 3.05) is 0 Å². The quantitative estimate of drug-likeness (QED) is 0.426. The van der Waals surface area contributed by atoms with E-state index in [2.05, 4.69) is 5.10 Å². The maximum absolute atomic E-state index is 11.8. The Morgan fingerprint density at radius 1 is 1.00 bits per heavy atom. The van der Waals surface area contributed by atoms with Gasteiger partial charge in [-0.1, -0.05) is 67.6 Å². The predicted octanol–water partition coefficient (Wildman–Crippen LogP) is 5.66. The lowest BCUT2D eigenvalue weighted by atomic mass is 9.92. The van der Waals surface area contributed by atoms with Gasteiger partial charge in [0.1, 0.15) is 0 Å². The van der Waals surface area contributed by atoms with Crippen LogP contribution in [0.1, 0.15) is 25.8 Å². The topological polar surface area (TPSA) is 68.0 Å². The summed E-state index contributed by atoms with van der Waals surface area (Å²) in [4.78, 5) is 16.8. The van der Waals surface area contributed by atoms with Gasteiger partial charge in [0.05, 0.1) is 11.9 Å². The van der Waals surface area contributed by atoms with E-state index in [-0.39, 0.29) is 0 Å². The molecule has 2 aromatic carbocycles. The molecule has 0 radical (unpaired) electrons. The molecule has 5 nitrogen and oxygen atoms in total. The third-order valence-corrected chi connectivity index (χ3v) is 5.21. The van der Waals surface area contributed by atoms with Crippen molar-refractivity contribution in [3.63, 3.8) is 0 Å². The monoisotopic (exact) mass is 397 g/mol. The second-order valence-electron chi connectivity index (χ2n) is 7.01. The van der Waals surface area contributed by atoms with Gasteiger partial charge in [-0.25, -0.2) is 14.5 Å². The zero-order chi connectivity index (χ0) is 21.1. The van der Waals surface area contributed by atoms with E-state index < -0.39 is 5.97 Å². The summed E-state index contributed by atoms with van der Waals surface area (Å²) in [7, 11) is 0. The van der Waals surface area contributed by atoms with Gasteiger partial charge >= 0.3 is 5.97 Å². The van der Waals surface area contributed by atoms with E-state index in [1.54, 1.807) is 6.08 Å². The smallest absolute Gasteiger partial charge is 0.331 e. The summed E-state index contributed by atoms with van der Waals surface area (Å²) in [5.41, 5.74) is 5.58. The number of pyridine rings is 1. The van der Waals surface area contributed by atoms with Crippen molar-refractivity contribution in [1.29, 1.82) is 0 Å². The molecule has 0 amide bonds. The first-order chi connectivity index (χ1) is 14.6. The van der Waals surface area contributed by atoms with Crippen LogP contribution in [0.3, 0.4) is 0 Å². The third kappa shape index (κ3) is 3.50. The molecular weight excluding hydrogens is 374 g/mol. The van der Waals surface area contributed by atoms with Crippen LogP contribution < -0.4 is 0 Å². The molecule has 0 spiro atoms. The van der Waals surface area contributed by atoms with Crippen molar-refractivity contribution < 1.29 is 9.90 Å². The number of hydrogen-bond acceptors (Lipinski definition) is 3. The molecule has 0 saturated carbocycles. The summed E-state index contributed by atoms with van der Waals surface area (Å²) < 4.78 is 1.87. The van der Waals surface area contributed by atoms with Crippen LogP contribution in [0.4, 0.5) is 0 Å². The number of aromatic nitrogens is 3. The number of aliphatic carboxylic acids is 1. The van der Waals surface area contributed by atoms with Gasteiger partial charge in [-0.05, 0) is 25.0 Å². The SMILES string of the molecule is CCC(=Cc1c(-c2ccccc2)nc2c(cnn2CC)c1-c1ccccc1)C(=O)O. The zero-order valence-corrected chi connectivity index (χ0v) is 17.0. The minimum absolute atomic E-state index is 0.341. The second-order valence-corrected chi connectivity index (χ2v) is 7.01. The van der Waals surface area contributed by atoms with E-state index in [1.807, 2.05) is 85.4 Å². The summed E-state index contributed by atoms with van der Waals surface area (Å²) in [5.74, 6) is -0.917. The molecule has 4 rings (SSSR count). The van der Waals surface area contributed by atoms with E-state index in [0.29, 0.717) is 18.5 Å². The lowest BCUT2D eigenvalue weighted by molar-refractivity contribution is -0.132. The van der Waals surface area contributed by atoms with Crippen molar-refractivity contribution in [1.82, 2.24) is 14.8 Å². The fourth-order valence-corrected chi connectivity index (χ4v) is 3.70. The molecule has 30 heavy (non-hydrogen) atoms. The lowest BCUT2D eigenvalue weighted by Gasteiger charge is -2.15. The van der Waals surface area contributed by atoms with Gasteiger partial charge in [0.2, 0.25) is 0 Å². The van der Waals surface area contributed by atoms with Crippen molar-refractivity contribution in [3.05, 3.63) is 78.0 Å². The van der Waals surface area contributed by atoms with Crippen molar-refractivity contribution in [3.8, 4) is 22.4 Å². The van der Waals surface area contributed by atoms with Gasteiger partial charge in [0.15, 0.2) is 5.65 Å². The van der Waals surface area contributed by atoms with E-state index >= 15 is 0 Å². The van der Waals surface area contributed by atoms with Gasteiger partial charge in [-0.15, -0.1) is 0 Å². The van der Waals surface area contributed by atoms with Gasteiger partial charge < -0.3 is 5.11 Å². The molecule has 5 heteroatoms. The Balaban J connectivity index is 2.18. The number of nitrogens with zero attached hydrogens (tertiary/aromatic N) is 3. The molecule has 1 N–H and O–H groups in total. The van der Waals surface area contributed by atoms with Gasteiger partial charge in [-0.2, -0.15) is 5.10 Å². The van der Waals surface area contributed by atoms with E-state index in [9.17, 15) is 9.90 Å². The molecule has 0 fully saturated rings. The van der Waals surface area contributed by atoms with Crippen LogP contribution in [0.5, 0.6) is 0 Å². The van der Waals surface area contributed by atoms with Crippen LogP contribution in [-0.4, -0.2) is 25.8 Å². The number of aryl methyl sites for hydroxylation is 1. The summed E-state index contributed by atoms with van der Waals surface area (Å²) >= 11 is 0. The Kier molecular flexibility index (Phi) is 5.44. The first-order valence-electron chi connectivity index (χ1n) is 10.1. The first-order valence-corrected chi connectivity index (χ1v) is 10.1. The van der Waals surface area contributed by atoms with E-state index in [1.165, 1.54) is 0 Å². The second kappa shape index (κ2) is 8.33. The largest absolute Gasteiger partial charge is 0.478 e. The average Bonchev–Trinajstić information content (AvgIpc) is 3.20. The summed E-state index contributed by atoms with van der Waals surface area (Å²) in [6.07, 6.45) is 4.01. The molecule has 0 aliphatic heterocycles. The molecule has 2 aromatic heterocycles. The highest BCUT2D eigenvalue weighted by molar-refractivity contribution is 6.04. The standard InChI is InChI=1S/C25H23N3O2/c1-3-17(25(29)30)15-20-22(18-11-7-5-8-12-18)21-16-26-28(4-2)24(21)27-23(20)19-13-9-6-10-14-19/h5-16H,3-4H2,1-2H3,(H,29,30). The number of fused-ring (bicyclic) bond motifs is 1. The normalized spacial score (nSPS) is 11.7. The molecule has 0 aliphatic rings. The molecule has 0 aliphatic carbocycles. The number of carboxylic acid groups (broad SMARTS) is 1. The fraction of sp³-hybridized carbons (Fsp3) is 0.160. The molecule has 150 valence electrons. The Hall–Kier alpha value is -3.73. The lowest BCUT2D eigenvalue weighted by Crippen LogP contribution is -2.03. The Morgan fingerprint density at radius 2 is 1.63 bits per heavy atom. The van der Waals surface area contributed by atoms with Crippen LogP contribution in [0, 0.1) is 0 Å². The van der Waals surface area contributed by atoms with E-state index in [4.69, 9.17) is 4.98 Å². The highest BCUT2D eigenvalue weighted by Gasteiger charge is 2.20. The van der Waals surface area contributed by atoms with Crippen LogP contribution in [0.15, 0.2) is 72.4 Å². The number of rotatable bonds is 6. The highest BCUT2D eigenvalue weighted by atomic mass is 16.4. The summed E-state index contributed by atoms with van der Waals surface area (Å²) in [5, 5.41) is 15.1. The van der Waals surface area contributed by atoms with Crippen molar-refractivity contribution in [2.45, 2.75) is 26.8 Å². The minimum atomic E-state index is -0.917. The Labute approximate surface area is 175 Å². The van der Waals surface area contributed by atoms with Crippen molar-refractivity contribution in [2.24, 2.45) is 0 Å². The van der Waals surface area contributed by atoms with Crippen LogP contribution in [0.2, 0.25) is 0 Å². The number of carbonyl (C=O) groups is 1. The van der Waals surface area contributed by atoms with Crippen LogP contribution in [-0.2, 0) is 11.3 Å². The fourth-order valence-electron chi connectivity index (χ4n) is 3.70. The maximum Gasteiger partial charge on any atom is 0.331 e. The first kappa shape index (κ1) is 19.6. The maximum atomic E-state index is 11.8. The number of benzene rings is 2. The van der Waals surface area contributed by atoms with Gasteiger partial charge in [0, 0.05) is 34.2 Å². The van der Waals surface area contributed by atoms with E-state index in [0.717, 1.165) is 39.0 Å². The summed E-state index contributed by atoms with van der Waals surface area (Å²) in [6, 6.07) is 19.9. The zero-order valence-electron chi connectivity index (χ0n) is 17.0. The number of hydrogen-bond donors (Lipinski definition) is 1. The molecule has 2 heterocycles. The minimum Gasteiger partial charge on any atom is -0.478 e. The highest BCUT2D eigenvalue weighted by Crippen LogP contribution is 2.38. The summed E-state index contributed by atoms with van der Waals surface area (Å²) in [6.45, 7) is 4.58. The Bertz CT molecular complexity index is 1230. The molecular formula is C25H23N3O2. The predicted molar refractivity (Wildman–Crippen MR) is 120 cm³/mol. The Morgan fingerprint density at radius 3 is 2.20 bits per heavy atom. The molecule has 4 aromatic rings. The van der Waals surface area contributed by atoms with Gasteiger partial charge in [0.25, 0.3) is 0 Å². The molecule has 0 bridgehead atoms.